The zero-order valence-corrected chi connectivity index (χ0v) is 17.4. The topological polar surface area (TPSA) is 27.7 Å². The summed E-state index contributed by atoms with van der Waals surface area (Å²) in [5.74, 6) is 0.937. The van der Waals surface area contributed by atoms with Crippen LogP contribution >= 0.6 is 15.9 Å². The molecule has 1 unspecified atom stereocenters. The molecular formula is C21H28BrN3O. The summed E-state index contributed by atoms with van der Waals surface area (Å²) in [6, 6.07) is 15.4. The molecule has 1 fully saturated rings. The number of ether oxygens (including phenoxy) is 1. The largest absolute Gasteiger partial charge is 0.496 e. The third kappa shape index (κ3) is 4.40. The molecule has 1 aliphatic heterocycles. The van der Waals surface area contributed by atoms with E-state index in [2.05, 4.69) is 81.5 Å². The lowest BCUT2D eigenvalue weighted by Crippen LogP contribution is -2.33. The maximum absolute atomic E-state index is 5.72. The van der Waals surface area contributed by atoms with Gasteiger partial charge in [0.15, 0.2) is 0 Å². The van der Waals surface area contributed by atoms with Gasteiger partial charge in [0.2, 0.25) is 0 Å². The minimum atomic E-state index is 0.179. The summed E-state index contributed by atoms with van der Waals surface area (Å²) in [6.45, 7) is 4.19. The van der Waals surface area contributed by atoms with Crippen molar-refractivity contribution < 1.29 is 4.74 Å². The molecule has 0 spiro atoms. The summed E-state index contributed by atoms with van der Waals surface area (Å²) in [6.07, 6.45) is 1.16. The van der Waals surface area contributed by atoms with Crippen molar-refractivity contribution >= 4 is 21.6 Å². The van der Waals surface area contributed by atoms with E-state index in [1.54, 1.807) is 7.11 Å². The van der Waals surface area contributed by atoms with Crippen LogP contribution in [0.3, 0.4) is 0 Å². The number of rotatable bonds is 5. The Balaban J connectivity index is 2.05. The Morgan fingerprint density at radius 1 is 1.08 bits per heavy atom. The molecule has 0 bridgehead atoms. The molecule has 0 aliphatic carbocycles. The molecule has 4 nitrogen and oxygen atoms in total. The lowest BCUT2D eigenvalue weighted by atomic mass is 9.95. The van der Waals surface area contributed by atoms with Crippen molar-refractivity contribution in [2.45, 2.75) is 12.5 Å². The molecule has 1 heterocycles. The zero-order chi connectivity index (χ0) is 18.5. The molecule has 2 aromatic carbocycles. The van der Waals surface area contributed by atoms with Crippen LogP contribution in [-0.2, 0) is 0 Å². The van der Waals surface area contributed by atoms with Crippen LogP contribution in [0, 0.1) is 0 Å². The van der Waals surface area contributed by atoms with Gasteiger partial charge in [-0.3, -0.25) is 4.90 Å². The summed E-state index contributed by atoms with van der Waals surface area (Å²) < 4.78 is 6.80. The summed E-state index contributed by atoms with van der Waals surface area (Å²) >= 11 is 3.64. The number of anilines is 1. The average molecular weight is 418 g/mol. The van der Waals surface area contributed by atoms with Gasteiger partial charge in [0, 0.05) is 49.5 Å². The second kappa shape index (κ2) is 8.89. The van der Waals surface area contributed by atoms with Crippen molar-refractivity contribution in [3.05, 3.63) is 58.1 Å². The van der Waals surface area contributed by atoms with E-state index in [-0.39, 0.29) is 6.04 Å². The molecule has 1 atom stereocenters. The van der Waals surface area contributed by atoms with E-state index in [9.17, 15) is 0 Å². The Kier molecular flexibility index (Phi) is 6.57. The molecular weight excluding hydrogens is 390 g/mol. The molecule has 1 aliphatic rings. The van der Waals surface area contributed by atoms with Gasteiger partial charge in [-0.15, -0.1) is 0 Å². The quantitative estimate of drug-likeness (QED) is 0.797. The van der Waals surface area contributed by atoms with Crippen LogP contribution in [0.4, 0.5) is 5.69 Å². The van der Waals surface area contributed by atoms with Crippen molar-refractivity contribution in [1.29, 1.82) is 0 Å². The Morgan fingerprint density at radius 3 is 2.54 bits per heavy atom. The molecule has 0 saturated carbocycles. The van der Waals surface area contributed by atoms with Crippen LogP contribution in [-0.4, -0.2) is 52.3 Å². The first-order valence-corrected chi connectivity index (χ1v) is 9.95. The molecule has 3 rings (SSSR count). The fourth-order valence-electron chi connectivity index (χ4n) is 3.59. The van der Waals surface area contributed by atoms with Crippen LogP contribution in [0.1, 0.15) is 23.6 Å². The smallest absolute Gasteiger partial charge is 0.124 e. The Morgan fingerprint density at radius 2 is 1.85 bits per heavy atom. The number of methoxy groups -OCH3 is 1. The van der Waals surface area contributed by atoms with Gasteiger partial charge in [0.25, 0.3) is 0 Å². The fourth-order valence-corrected chi connectivity index (χ4v) is 3.96. The summed E-state index contributed by atoms with van der Waals surface area (Å²) in [5.41, 5.74) is 3.72. The number of hydrogen-bond donors (Lipinski definition) is 1. The van der Waals surface area contributed by atoms with Crippen LogP contribution in [0.2, 0.25) is 0 Å². The Hall–Kier alpha value is -1.56. The van der Waals surface area contributed by atoms with Crippen molar-refractivity contribution in [2.24, 2.45) is 0 Å². The van der Waals surface area contributed by atoms with E-state index in [0.29, 0.717) is 0 Å². The molecule has 5 heteroatoms. The van der Waals surface area contributed by atoms with Crippen LogP contribution in [0.15, 0.2) is 46.9 Å². The second-order valence-corrected chi connectivity index (χ2v) is 7.83. The van der Waals surface area contributed by atoms with Gasteiger partial charge in [0.1, 0.15) is 5.75 Å². The number of nitrogens with zero attached hydrogens (tertiary/aromatic N) is 2. The summed E-state index contributed by atoms with van der Waals surface area (Å²) in [7, 11) is 5.90. The van der Waals surface area contributed by atoms with Gasteiger partial charge < -0.3 is 15.0 Å². The summed E-state index contributed by atoms with van der Waals surface area (Å²) in [4.78, 5) is 4.70. The Labute approximate surface area is 165 Å². The maximum Gasteiger partial charge on any atom is 0.124 e. The number of halogens is 1. The number of nitrogens with one attached hydrogen (secondary N) is 1. The fraction of sp³-hybridized carbons (Fsp3) is 0.429. The Bertz CT molecular complexity index is 710. The monoisotopic (exact) mass is 417 g/mol. The SMILES string of the molecule is COc1ccc(Br)cc1C(c1ccc(N(C)C)cc1)N1CCCNCC1. The van der Waals surface area contributed by atoms with E-state index in [1.807, 2.05) is 6.07 Å². The van der Waals surface area contributed by atoms with Crippen molar-refractivity contribution in [2.75, 3.05) is 52.3 Å². The van der Waals surface area contributed by atoms with E-state index in [1.165, 1.54) is 16.8 Å². The lowest BCUT2D eigenvalue weighted by molar-refractivity contribution is 0.236. The van der Waals surface area contributed by atoms with Crippen LogP contribution in [0.25, 0.3) is 0 Å². The first-order chi connectivity index (χ1) is 12.6. The van der Waals surface area contributed by atoms with Gasteiger partial charge in [-0.05, 0) is 48.9 Å². The first-order valence-electron chi connectivity index (χ1n) is 9.15. The predicted molar refractivity (Wildman–Crippen MR) is 112 cm³/mol. The highest BCUT2D eigenvalue weighted by atomic mass is 79.9. The third-order valence-corrected chi connectivity index (χ3v) is 5.44. The maximum atomic E-state index is 5.72. The molecule has 0 radical (unpaired) electrons. The van der Waals surface area contributed by atoms with Gasteiger partial charge >= 0.3 is 0 Å². The minimum Gasteiger partial charge on any atom is -0.496 e. The second-order valence-electron chi connectivity index (χ2n) is 6.91. The highest BCUT2D eigenvalue weighted by Crippen LogP contribution is 2.37. The molecule has 0 amide bonds. The molecule has 1 N–H and O–H groups in total. The van der Waals surface area contributed by atoms with Crippen LogP contribution in [0.5, 0.6) is 5.75 Å². The number of benzene rings is 2. The molecule has 1 saturated heterocycles. The van der Waals surface area contributed by atoms with E-state index < -0.39 is 0 Å². The van der Waals surface area contributed by atoms with Gasteiger partial charge in [-0.25, -0.2) is 0 Å². The van der Waals surface area contributed by atoms with Gasteiger partial charge in [0.05, 0.1) is 13.2 Å². The van der Waals surface area contributed by atoms with E-state index in [4.69, 9.17) is 4.74 Å². The minimum absolute atomic E-state index is 0.179. The number of hydrogen-bond acceptors (Lipinski definition) is 4. The van der Waals surface area contributed by atoms with Crippen molar-refractivity contribution in [3.8, 4) is 5.75 Å². The zero-order valence-electron chi connectivity index (χ0n) is 15.8. The first kappa shape index (κ1) is 19.2. The highest BCUT2D eigenvalue weighted by Gasteiger charge is 2.26. The van der Waals surface area contributed by atoms with Crippen molar-refractivity contribution in [1.82, 2.24) is 10.2 Å². The van der Waals surface area contributed by atoms with E-state index >= 15 is 0 Å². The average Bonchev–Trinajstić information content (AvgIpc) is 2.92. The highest BCUT2D eigenvalue weighted by molar-refractivity contribution is 9.10. The van der Waals surface area contributed by atoms with Crippen LogP contribution < -0.4 is 15.0 Å². The predicted octanol–water partition coefficient (Wildman–Crippen LogP) is 3.91. The molecule has 2 aromatic rings. The van der Waals surface area contributed by atoms with Gasteiger partial charge in [-0.1, -0.05) is 28.1 Å². The van der Waals surface area contributed by atoms with E-state index in [0.717, 1.165) is 42.8 Å². The lowest BCUT2D eigenvalue weighted by Gasteiger charge is -2.32. The standard InChI is InChI=1S/C21H28BrN3O/c1-24(2)18-8-5-16(6-9-18)21(25-13-4-11-23-12-14-25)19-15-17(22)7-10-20(19)26-3/h5-10,15,21,23H,4,11-14H2,1-3H3. The molecule has 26 heavy (non-hydrogen) atoms. The van der Waals surface area contributed by atoms with Gasteiger partial charge in [-0.2, -0.15) is 0 Å². The normalized spacial score (nSPS) is 16.8. The molecule has 0 aromatic heterocycles. The molecule has 140 valence electrons. The summed E-state index contributed by atoms with van der Waals surface area (Å²) in [5, 5.41) is 3.51. The third-order valence-electron chi connectivity index (χ3n) is 4.95. The van der Waals surface area contributed by atoms with Crippen molar-refractivity contribution in [3.63, 3.8) is 0 Å².